The number of phenolic OH excluding ortho intramolecular Hbond substituents is 4. The van der Waals surface area contributed by atoms with Crippen LogP contribution in [0.4, 0.5) is 0 Å². The van der Waals surface area contributed by atoms with E-state index < -0.39 is 0 Å². The molecule has 0 amide bonds. The van der Waals surface area contributed by atoms with Gasteiger partial charge in [-0.1, -0.05) is 0 Å². The maximum absolute atomic E-state index is 11.6. The first-order valence-corrected chi connectivity index (χ1v) is 8.88. The predicted molar refractivity (Wildman–Crippen MR) is 92.0 cm³/mol. The topological polar surface area (TPSA) is 107 Å². The van der Waals surface area contributed by atoms with Crippen LogP contribution in [0.2, 0.25) is 0 Å². The van der Waals surface area contributed by atoms with Crippen LogP contribution in [0.25, 0.3) is 0 Å². The first-order chi connectivity index (χ1) is 11.5. The second-order valence-corrected chi connectivity index (χ2v) is 6.88. The smallest absolute Gasteiger partial charge is 0.316 e. The number of carbonyl (C=O) groups is 1. The Morgan fingerprint density at radius 3 is 1.92 bits per heavy atom. The number of rotatable bonds is 7. The van der Waals surface area contributed by atoms with E-state index >= 15 is 0 Å². The molecule has 0 fully saturated rings. The van der Waals surface area contributed by atoms with Gasteiger partial charge in [0, 0.05) is 15.5 Å². The molecule has 0 aliphatic carbocycles. The molecule has 2 aromatic carbocycles. The number of phenols is 4. The minimum atomic E-state index is -0.387. The summed E-state index contributed by atoms with van der Waals surface area (Å²) in [5.74, 6) is -0.591. The van der Waals surface area contributed by atoms with E-state index in [1.165, 1.54) is 47.8 Å². The van der Waals surface area contributed by atoms with Crippen molar-refractivity contribution in [3.05, 3.63) is 36.4 Å². The van der Waals surface area contributed by atoms with E-state index in [4.69, 9.17) is 4.74 Å². The highest BCUT2D eigenvalue weighted by Crippen LogP contribution is 2.31. The molecule has 0 bridgehead atoms. The minimum Gasteiger partial charge on any atom is -0.504 e. The van der Waals surface area contributed by atoms with Gasteiger partial charge in [-0.3, -0.25) is 4.79 Å². The molecule has 128 valence electrons. The van der Waals surface area contributed by atoms with E-state index in [0.29, 0.717) is 10.6 Å². The molecule has 2 aromatic rings. The first kappa shape index (κ1) is 18.2. The Hall–Kier alpha value is -2.19. The molecule has 0 aliphatic rings. The van der Waals surface area contributed by atoms with Crippen molar-refractivity contribution in [3.8, 4) is 23.0 Å². The van der Waals surface area contributed by atoms with Gasteiger partial charge in [-0.05, 0) is 36.4 Å². The number of ether oxygens (including phenoxy) is 1. The molecule has 0 atom stereocenters. The van der Waals surface area contributed by atoms with E-state index in [2.05, 4.69) is 0 Å². The van der Waals surface area contributed by atoms with Crippen LogP contribution < -0.4 is 0 Å². The summed E-state index contributed by atoms with van der Waals surface area (Å²) in [5.41, 5.74) is 0. The Labute approximate surface area is 147 Å². The summed E-state index contributed by atoms with van der Waals surface area (Å²) in [6.45, 7) is 0.215. The SMILES string of the molecule is O=C(CSc1ccc(O)c(O)c1)OCCSc1ccc(O)c(O)c1. The number of thioether (sulfide) groups is 2. The van der Waals surface area contributed by atoms with Crippen molar-refractivity contribution >= 4 is 29.5 Å². The lowest BCUT2D eigenvalue weighted by Crippen LogP contribution is -2.09. The Bertz CT molecular complexity index is 720. The fraction of sp³-hybridized carbons (Fsp3) is 0.188. The lowest BCUT2D eigenvalue weighted by atomic mass is 10.3. The number of hydrogen-bond acceptors (Lipinski definition) is 8. The highest BCUT2D eigenvalue weighted by Gasteiger charge is 2.07. The molecular weight excluding hydrogens is 352 g/mol. The zero-order chi connectivity index (χ0) is 17.5. The van der Waals surface area contributed by atoms with Crippen LogP contribution in [0, 0.1) is 0 Å². The van der Waals surface area contributed by atoms with Crippen LogP contribution in [-0.4, -0.2) is 44.5 Å². The molecule has 0 saturated heterocycles. The van der Waals surface area contributed by atoms with Crippen LogP contribution in [-0.2, 0) is 9.53 Å². The molecule has 0 aromatic heterocycles. The zero-order valence-electron chi connectivity index (χ0n) is 12.5. The fourth-order valence-corrected chi connectivity index (χ4v) is 3.17. The van der Waals surface area contributed by atoms with Crippen LogP contribution in [0.15, 0.2) is 46.2 Å². The van der Waals surface area contributed by atoms with Crippen molar-refractivity contribution < 1.29 is 30.0 Å². The van der Waals surface area contributed by atoms with Gasteiger partial charge < -0.3 is 25.2 Å². The molecule has 0 radical (unpaired) electrons. The number of benzene rings is 2. The van der Waals surface area contributed by atoms with E-state index in [1.54, 1.807) is 12.1 Å². The molecule has 0 spiro atoms. The summed E-state index contributed by atoms with van der Waals surface area (Å²) in [4.78, 5) is 13.0. The third-order valence-corrected chi connectivity index (χ3v) is 4.79. The molecule has 6 nitrogen and oxygen atoms in total. The lowest BCUT2D eigenvalue weighted by molar-refractivity contribution is -0.139. The summed E-state index contributed by atoms with van der Waals surface area (Å²) >= 11 is 2.58. The summed E-state index contributed by atoms with van der Waals surface area (Å²) < 4.78 is 5.09. The van der Waals surface area contributed by atoms with E-state index in [9.17, 15) is 25.2 Å². The summed E-state index contributed by atoms with van der Waals surface area (Å²) in [6, 6.07) is 8.82. The zero-order valence-corrected chi connectivity index (χ0v) is 14.1. The minimum absolute atomic E-state index is 0.0921. The lowest BCUT2D eigenvalue weighted by Gasteiger charge is -2.06. The number of aromatic hydroxyl groups is 4. The van der Waals surface area contributed by atoms with Crippen molar-refractivity contribution in [1.82, 2.24) is 0 Å². The molecule has 0 heterocycles. The van der Waals surface area contributed by atoms with Gasteiger partial charge in [-0.25, -0.2) is 0 Å². The highest BCUT2D eigenvalue weighted by molar-refractivity contribution is 8.00. The van der Waals surface area contributed by atoms with Gasteiger partial charge in [0.05, 0.1) is 5.75 Å². The molecule has 0 saturated carbocycles. The van der Waals surface area contributed by atoms with Crippen LogP contribution in [0.3, 0.4) is 0 Å². The second kappa shape index (κ2) is 8.60. The number of carbonyl (C=O) groups excluding carboxylic acids is 1. The van der Waals surface area contributed by atoms with E-state index in [-0.39, 0.29) is 41.3 Å². The third-order valence-electron chi connectivity index (χ3n) is 2.87. The fourth-order valence-electron chi connectivity index (χ4n) is 1.69. The Balaban J connectivity index is 1.67. The highest BCUT2D eigenvalue weighted by atomic mass is 32.2. The van der Waals surface area contributed by atoms with Crippen molar-refractivity contribution in [3.63, 3.8) is 0 Å². The quantitative estimate of drug-likeness (QED) is 0.256. The molecule has 24 heavy (non-hydrogen) atoms. The Morgan fingerprint density at radius 1 is 0.833 bits per heavy atom. The van der Waals surface area contributed by atoms with Gasteiger partial charge in [0.15, 0.2) is 23.0 Å². The van der Waals surface area contributed by atoms with E-state index in [1.807, 2.05) is 0 Å². The maximum Gasteiger partial charge on any atom is 0.316 e. The summed E-state index contributed by atoms with van der Waals surface area (Å²) in [7, 11) is 0. The number of hydrogen-bond donors (Lipinski definition) is 4. The largest absolute Gasteiger partial charge is 0.504 e. The van der Waals surface area contributed by atoms with E-state index in [0.717, 1.165) is 4.90 Å². The predicted octanol–water partition coefficient (Wildman–Crippen LogP) is 2.94. The molecule has 4 N–H and O–H groups in total. The molecule has 0 unspecified atom stereocenters. The second-order valence-electron chi connectivity index (χ2n) is 4.66. The van der Waals surface area contributed by atoms with Gasteiger partial charge in [0.25, 0.3) is 0 Å². The van der Waals surface area contributed by atoms with Crippen LogP contribution in [0.1, 0.15) is 0 Å². The average molecular weight is 368 g/mol. The van der Waals surface area contributed by atoms with Crippen LogP contribution in [0.5, 0.6) is 23.0 Å². The Morgan fingerprint density at radius 2 is 1.38 bits per heavy atom. The molecule has 0 aliphatic heterocycles. The van der Waals surface area contributed by atoms with Crippen LogP contribution >= 0.6 is 23.5 Å². The number of esters is 1. The summed E-state index contributed by atoms with van der Waals surface area (Å²) in [5, 5.41) is 37.2. The normalized spacial score (nSPS) is 10.5. The van der Waals surface area contributed by atoms with Gasteiger partial charge in [0.2, 0.25) is 0 Å². The van der Waals surface area contributed by atoms with Gasteiger partial charge in [-0.2, -0.15) is 0 Å². The van der Waals surface area contributed by atoms with Crippen molar-refractivity contribution in [2.75, 3.05) is 18.1 Å². The molecule has 8 heteroatoms. The monoisotopic (exact) mass is 368 g/mol. The summed E-state index contributed by atoms with van der Waals surface area (Å²) in [6.07, 6.45) is 0. The molecule has 2 rings (SSSR count). The third kappa shape index (κ3) is 5.47. The van der Waals surface area contributed by atoms with Gasteiger partial charge >= 0.3 is 5.97 Å². The van der Waals surface area contributed by atoms with Gasteiger partial charge in [-0.15, -0.1) is 23.5 Å². The average Bonchev–Trinajstić information content (AvgIpc) is 2.56. The first-order valence-electron chi connectivity index (χ1n) is 6.91. The van der Waals surface area contributed by atoms with Crippen molar-refractivity contribution in [1.29, 1.82) is 0 Å². The Kier molecular flexibility index (Phi) is 6.51. The molecular formula is C16H16O6S2. The van der Waals surface area contributed by atoms with Gasteiger partial charge in [0.1, 0.15) is 6.61 Å². The van der Waals surface area contributed by atoms with Crippen molar-refractivity contribution in [2.24, 2.45) is 0 Å². The van der Waals surface area contributed by atoms with Crippen molar-refractivity contribution in [2.45, 2.75) is 9.79 Å². The standard InChI is InChI=1S/C16H16O6S2/c17-12-3-1-10(7-14(12)19)23-6-5-22-16(21)9-24-11-2-4-13(18)15(20)8-11/h1-4,7-8,17-20H,5-6,9H2. The maximum atomic E-state index is 11.6.